The number of nitrogens with one attached hydrogen (secondary N) is 1. The minimum Gasteiger partial charge on any atom is -0.405 e. The molecule has 1 saturated carbocycles. The van der Waals surface area contributed by atoms with E-state index >= 15 is 0 Å². The lowest BCUT2D eigenvalue weighted by molar-refractivity contribution is -0.274. The molecule has 2 heterocycles. The minimum atomic E-state index is -4.82. The van der Waals surface area contributed by atoms with Crippen molar-refractivity contribution < 1.29 is 23.0 Å². The number of hydrogen-bond donors (Lipinski definition) is 2. The van der Waals surface area contributed by atoms with Crippen molar-refractivity contribution in [3.8, 4) is 17.0 Å². The molecule has 0 aliphatic heterocycles. The fourth-order valence-electron chi connectivity index (χ4n) is 3.45. The average molecular weight is 393 g/mol. The predicted molar refractivity (Wildman–Crippen MR) is 94.9 cm³/mol. The summed E-state index contributed by atoms with van der Waals surface area (Å²) in [6.45, 7) is 3.43. The molecule has 0 spiro atoms. The zero-order valence-corrected chi connectivity index (χ0v) is 15.2. The first-order valence-corrected chi connectivity index (χ1v) is 8.66. The first-order chi connectivity index (χ1) is 13.1. The molecule has 0 saturated heterocycles. The van der Waals surface area contributed by atoms with Gasteiger partial charge in [0.2, 0.25) is 5.95 Å². The molecule has 1 aliphatic carbocycles. The Balaban J connectivity index is 1.73. The molecule has 1 fully saturated rings. The lowest BCUT2D eigenvalue weighted by atomic mass is 9.77. The third-order valence-electron chi connectivity index (χ3n) is 4.68. The van der Waals surface area contributed by atoms with Crippen molar-refractivity contribution in [2.75, 3.05) is 5.32 Å². The molecule has 28 heavy (non-hydrogen) atoms. The molecule has 2 N–H and O–H groups in total. The topological polar surface area (TPSA) is 84.6 Å². The van der Waals surface area contributed by atoms with E-state index in [4.69, 9.17) is 0 Å². The fourth-order valence-corrected chi connectivity index (χ4v) is 3.45. The van der Waals surface area contributed by atoms with E-state index in [0.717, 1.165) is 0 Å². The smallest absolute Gasteiger partial charge is 0.405 e. The van der Waals surface area contributed by atoms with E-state index in [2.05, 4.69) is 25.2 Å². The second kappa shape index (κ2) is 6.33. The van der Waals surface area contributed by atoms with E-state index in [1.54, 1.807) is 24.3 Å². The third kappa shape index (κ3) is 3.59. The van der Waals surface area contributed by atoms with Gasteiger partial charge in [0, 0.05) is 11.6 Å². The summed E-state index contributed by atoms with van der Waals surface area (Å²) in [6.07, 6.45) is -0.689. The van der Waals surface area contributed by atoms with Crippen LogP contribution in [0.1, 0.15) is 25.3 Å². The van der Waals surface area contributed by atoms with E-state index < -0.39 is 12.0 Å². The highest BCUT2D eigenvalue weighted by Crippen LogP contribution is 2.37. The summed E-state index contributed by atoms with van der Waals surface area (Å²) in [4.78, 5) is 4.08. The molecule has 0 radical (unpaired) electrons. The number of alkyl halides is 3. The SMILES string of the molecule is Cc1ccc(-c2nnc(NC3CC(C)(O)C3)n3cncc23)c(OC(F)(F)F)c1. The molecule has 1 aliphatic rings. The van der Waals surface area contributed by atoms with Crippen molar-refractivity contribution in [1.29, 1.82) is 0 Å². The number of benzene rings is 1. The van der Waals surface area contributed by atoms with Gasteiger partial charge in [-0.3, -0.25) is 4.40 Å². The maximum Gasteiger partial charge on any atom is 0.573 e. The van der Waals surface area contributed by atoms with Crippen LogP contribution in [0.2, 0.25) is 0 Å². The normalized spacial score (nSPS) is 22.1. The number of ether oxygens (including phenoxy) is 1. The number of halogens is 3. The van der Waals surface area contributed by atoms with Gasteiger partial charge in [0.15, 0.2) is 0 Å². The van der Waals surface area contributed by atoms with Gasteiger partial charge in [0.1, 0.15) is 17.8 Å². The summed E-state index contributed by atoms with van der Waals surface area (Å²) in [5.74, 6) is 0.0581. The standard InChI is InChI=1S/C18H18F3N5O2/c1-10-3-4-12(14(5-10)28-18(19,20)21)15-13-8-22-9-26(13)16(25-24-15)23-11-6-17(2,27)7-11/h3-5,8-9,11,27H,6-7H2,1-2H3,(H,23,25). The summed E-state index contributed by atoms with van der Waals surface area (Å²) < 4.78 is 44.3. The molecule has 3 aromatic rings. The molecule has 10 heteroatoms. The van der Waals surface area contributed by atoms with Gasteiger partial charge < -0.3 is 15.2 Å². The summed E-state index contributed by atoms with van der Waals surface area (Å²) in [5, 5.41) is 21.3. The van der Waals surface area contributed by atoms with Crippen molar-refractivity contribution in [2.24, 2.45) is 0 Å². The van der Waals surface area contributed by atoms with E-state index in [9.17, 15) is 18.3 Å². The number of anilines is 1. The van der Waals surface area contributed by atoms with Crippen LogP contribution in [0.3, 0.4) is 0 Å². The van der Waals surface area contributed by atoms with Crippen LogP contribution in [-0.2, 0) is 0 Å². The minimum absolute atomic E-state index is 0.0317. The molecule has 4 rings (SSSR count). The van der Waals surface area contributed by atoms with Crippen LogP contribution in [0.4, 0.5) is 19.1 Å². The fraction of sp³-hybridized carbons (Fsp3) is 0.389. The molecule has 2 aromatic heterocycles. The number of aromatic nitrogens is 4. The molecule has 0 unspecified atom stereocenters. The van der Waals surface area contributed by atoms with Gasteiger partial charge in [-0.25, -0.2) is 4.98 Å². The number of rotatable bonds is 4. The summed E-state index contributed by atoms with van der Waals surface area (Å²) in [6, 6.07) is 4.53. The molecular weight excluding hydrogens is 375 g/mol. The van der Waals surface area contributed by atoms with Crippen LogP contribution in [0.5, 0.6) is 5.75 Å². The van der Waals surface area contributed by atoms with Gasteiger partial charge in [0.25, 0.3) is 0 Å². The Bertz CT molecular complexity index is 1020. The van der Waals surface area contributed by atoms with E-state index in [1.165, 1.54) is 24.7 Å². The molecule has 7 nitrogen and oxygen atoms in total. The molecule has 148 valence electrons. The first-order valence-electron chi connectivity index (χ1n) is 8.66. The molecule has 0 atom stereocenters. The zero-order valence-electron chi connectivity index (χ0n) is 15.2. The number of hydrogen-bond acceptors (Lipinski definition) is 6. The van der Waals surface area contributed by atoms with Crippen LogP contribution in [-0.4, -0.2) is 42.7 Å². The lowest BCUT2D eigenvalue weighted by Crippen LogP contribution is -2.48. The Kier molecular flexibility index (Phi) is 4.18. The van der Waals surface area contributed by atoms with Crippen LogP contribution < -0.4 is 10.1 Å². The van der Waals surface area contributed by atoms with Gasteiger partial charge in [0.05, 0.1) is 17.3 Å². The molecule has 0 amide bonds. The van der Waals surface area contributed by atoms with Crippen molar-refractivity contribution in [3.63, 3.8) is 0 Å². The monoisotopic (exact) mass is 393 g/mol. The van der Waals surface area contributed by atoms with E-state index in [-0.39, 0.29) is 23.0 Å². The Morgan fingerprint density at radius 1 is 1.29 bits per heavy atom. The van der Waals surface area contributed by atoms with Crippen LogP contribution in [0, 0.1) is 6.92 Å². The van der Waals surface area contributed by atoms with Gasteiger partial charge in [-0.1, -0.05) is 6.07 Å². The van der Waals surface area contributed by atoms with Crippen LogP contribution in [0.15, 0.2) is 30.7 Å². The lowest BCUT2D eigenvalue weighted by Gasteiger charge is -2.41. The highest BCUT2D eigenvalue weighted by atomic mass is 19.4. The Morgan fingerprint density at radius 3 is 2.71 bits per heavy atom. The van der Waals surface area contributed by atoms with E-state index in [0.29, 0.717) is 29.9 Å². The van der Waals surface area contributed by atoms with Crippen LogP contribution >= 0.6 is 0 Å². The molecule has 0 bridgehead atoms. The number of aryl methyl sites for hydroxylation is 1. The maximum absolute atomic E-state index is 12.8. The number of fused-ring (bicyclic) bond motifs is 1. The highest BCUT2D eigenvalue weighted by molar-refractivity contribution is 5.81. The van der Waals surface area contributed by atoms with Crippen molar-refractivity contribution in [2.45, 2.75) is 44.7 Å². The maximum atomic E-state index is 12.8. The van der Waals surface area contributed by atoms with Crippen molar-refractivity contribution in [3.05, 3.63) is 36.3 Å². The largest absolute Gasteiger partial charge is 0.573 e. The quantitative estimate of drug-likeness (QED) is 0.707. The zero-order chi connectivity index (χ0) is 20.1. The van der Waals surface area contributed by atoms with Gasteiger partial charge in [-0.2, -0.15) is 0 Å². The second-order valence-electron chi connectivity index (χ2n) is 7.31. The second-order valence-corrected chi connectivity index (χ2v) is 7.31. The summed E-state index contributed by atoms with van der Waals surface area (Å²) in [5.41, 5.74) is 0.794. The van der Waals surface area contributed by atoms with Gasteiger partial charge >= 0.3 is 6.36 Å². The highest BCUT2D eigenvalue weighted by Gasteiger charge is 2.39. The van der Waals surface area contributed by atoms with Crippen molar-refractivity contribution in [1.82, 2.24) is 19.6 Å². The van der Waals surface area contributed by atoms with E-state index in [1.807, 2.05) is 0 Å². The van der Waals surface area contributed by atoms with Crippen LogP contribution in [0.25, 0.3) is 16.8 Å². The van der Waals surface area contributed by atoms with Gasteiger partial charge in [-0.15, -0.1) is 23.4 Å². The van der Waals surface area contributed by atoms with Crippen molar-refractivity contribution >= 4 is 11.5 Å². The Morgan fingerprint density at radius 2 is 2.04 bits per heavy atom. The molecular formula is C18H18F3N5O2. The number of imidazole rings is 1. The Hall–Kier alpha value is -2.88. The predicted octanol–water partition coefficient (Wildman–Crippen LogP) is 3.32. The third-order valence-corrected chi connectivity index (χ3v) is 4.68. The summed E-state index contributed by atoms with van der Waals surface area (Å²) in [7, 11) is 0. The number of aliphatic hydroxyl groups is 1. The Labute approximate surface area is 158 Å². The first kappa shape index (κ1) is 18.5. The average Bonchev–Trinajstić information content (AvgIpc) is 3.03. The molecule has 1 aromatic carbocycles. The van der Waals surface area contributed by atoms with Gasteiger partial charge in [-0.05, 0) is 44.4 Å². The summed E-state index contributed by atoms with van der Waals surface area (Å²) >= 11 is 0. The number of nitrogens with zero attached hydrogens (tertiary/aromatic N) is 4.